The van der Waals surface area contributed by atoms with Gasteiger partial charge in [-0.15, -0.1) is 0 Å². The maximum absolute atomic E-state index is 12.3. The third kappa shape index (κ3) is 6.30. The zero-order valence-corrected chi connectivity index (χ0v) is 18.7. The lowest BCUT2D eigenvalue weighted by molar-refractivity contribution is -0.116. The van der Waals surface area contributed by atoms with E-state index in [0.717, 1.165) is 48.8 Å². The second-order valence-electron chi connectivity index (χ2n) is 8.33. The Bertz CT molecular complexity index is 1010. The number of hydrogen-bond donors (Lipinski definition) is 2. The van der Waals surface area contributed by atoms with Gasteiger partial charge >= 0.3 is 0 Å². The molecule has 6 nitrogen and oxygen atoms in total. The van der Waals surface area contributed by atoms with Gasteiger partial charge in [0.25, 0.3) is 0 Å². The van der Waals surface area contributed by atoms with Crippen molar-refractivity contribution in [3.8, 4) is 0 Å². The summed E-state index contributed by atoms with van der Waals surface area (Å²) < 4.78 is 0. The van der Waals surface area contributed by atoms with Gasteiger partial charge in [-0.1, -0.05) is 30.3 Å². The van der Waals surface area contributed by atoms with Crippen LogP contribution in [-0.2, 0) is 11.2 Å². The number of aryl methyl sites for hydroxylation is 2. The van der Waals surface area contributed by atoms with Crippen LogP contribution in [0.15, 0.2) is 60.7 Å². The van der Waals surface area contributed by atoms with Crippen LogP contribution in [-0.4, -0.2) is 29.0 Å². The summed E-state index contributed by atoms with van der Waals surface area (Å²) in [6, 6.07) is 20.0. The number of hydrogen-bond acceptors (Lipinski definition) is 5. The van der Waals surface area contributed by atoms with Crippen molar-refractivity contribution in [1.82, 2.24) is 9.97 Å². The van der Waals surface area contributed by atoms with Gasteiger partial charge in [0.05, 0.1) is 0 Å². The summed E-state index contributed by atoms with van der Waals surface area (Å²) in [6.45, 7) is 4.10. The van der Waals surface area contributed by atoms with E-state index >= 15 is 0 Å². The molecule has 1 aliphatic rings. The van der Waals surface area contributed by atoms with E-state index in [9.17, 15) is 4.79 Å². The molecule has 1 amide bonds. The first-order valence-corrected chi connectivity index (χ1v) is 11.5. The average Bonchev–Trinajstić information content (AvgIpc) is 2.81. The summed E-state index contributed by atoms with van der Waals surface area (Å²) >= 11 is 0. The molecule has 1 aromatic heterocycles. The predicted molar refractivity (Wildman–Crippen MR) is 131 cm³/mol. The highest BCUT2D eigenvalue weighted by Crippen LogP contribution is 2.22. The lowest BCUT2D eigenvalue weighted by Crippen LogP contribution is -2.30. The molecule has 1 fully saturated rings. The van der Waals surface area contributed by atoms with E-state index in [1.54, 1.807) is 0 Å². The summed E-state index contributed by atoms with van der Waals surface area (Å²) in [5.74, 6) is 1.62. The maximum atomic E-state index is 12.3. The average molecular weight is 430 g/mol. The number of piperidine rings is 1. The van der Waals surface area contributed by atoms with Gasteiger partial charge in [0.15, 0.2) is 0 Å². The monoisotopic (exact) mass is 429 g/mol. The predicted octanol–water partition coefficient (Wildman–Crippen LogP) is 5.48. The highest BCUT2D eigenvalue weighted by Gasteiger charge is 2.14. The molecule has 4 rings (SSSR count). The van der Waals surface area contributed by atoms with Gasteiger partial charge in [-0.05, 0) is 68.9 Å². The Morgan fingerprint density at radius 2 is 1.66 bits per heavy atom. The van der Waals surface area contributed by atoms with E-state index in [1.165, 1.54) is 24.8 Å². The van der Waals surface area contributed by atoms with Crippen LogP contribution in [0.3, 0.4) is 0 Å². The van der Waals surface area contributed by atoms with Crippen LogP contribution in [0.4, 0.5) is 23.1 Å². The number of nitrogens with one attached hydrogen (secondary N) is 2. The van der Waals surface area contributed by atoms with Gasteiger partial charge < -0.3 is 15.5 Å². The normalized spacial score (nSPS) is 13.6. The van der Waals surface area contributed by atoms with Crippen LogP contribution < -0.4 is 15.5 Å². The fourth-order valence-electron chi connectivity index (χ4n) is 3.98. The van der Waals surface area contributed by atoms with Gasteiger partial charge in [-0.25, -0.2) is 4.98 Å². The molecule has 2 N–H and O–H groups in total. The molecule has 0 spiro atoms. The van der Waals surface area contributed by atoms with Gasteiger partial charge in [0, 0.05) is 42.6 Å². The van der Waals surface area contributed by atoms with Crippen molar-refractivity contribution >= 4 is 29.0 Å². The third-order valence-electron chi connectivity index (χ3n) is 5.66. The molecule has 166 valence electrons. The topological polar surface area (TPSA) is 70.2 Å². The molecule has 0 unspecified atom stereocenters. The standard InChI is InChI=1S/C26H31N5O/c1-20-19-24(31-17-6-3-7-18-31)30-26(27-20)29-23-15-13-22(14-16-23)28-25(32)12-8-11-21-9-4-2-5-10-21/h2,4-5,9-10,13-16,19H,3,6-8,11-12,17-18H2,1H3,(H,28,32)(H,27,29,30). The van der Waals surface area contributed by atoms with Crippen molar-refractivity contribution in [3.63, 3.8) is 0 Å². The first-order valence-electron chi connectivity index (χ1n) is 11.5. The van der Waals surface area contributed by atoms with Gasteiger partial charge in [0.1, 0.15) is 5.82 Å². The van der Waals surface area contributed by atoms with Crippen LogP contribution in [0.25, 0.3) is 0 Å². The van der Waals surface area contributed by atoms with E-state index < -0.39 is 0 Å². The molecule has 0 atom stereocenters. The molecule has 0 saturated carbocycles. The Labute approximate surface area is 190 Å². The highest BCUT2D eigenvalue weighted by molar-refractivity contribution is 5.90. The van der Waals surface area contributed by atoms with E-state index in [1.807, 2.05) is 55.5 Å². The molecular weight excluding hydrogens is 398 g/mol. The SMILES string of the molecule is Cc1cc(N2CCCCC2)nc(Nc2ccc(NC(=O)CCCc3ccccc3)cc2)n1. The van der Waals surface area contributed by atoms with E-state index in [0.29, 0.717) is 12.4 Å². The number of aromatic nitrogens is 2. The largest absolute Gasteiger partial charge is 0.356 e. The molecule has 1 saturated heterocycles. The zero-order chi connectivity index (χ0) is 22.2. The second-order valence-corrected chi connectivity index (χ2v) is 8.33. The summed E-state index contributed by atoms with van der Waals surface area (Å²) in [6.07, 6.45) is 5.97. The Morgan fingerprint density at radius 1 is 0.938 bits per heavy atom. The Hall–Kier alpha value is -3.41. The zero-order valence-electron chi connectivity index (χ0n) is 18.7. The molecule has 1 aliphatic heterocycles. The van der Waals surface area contributed by atoms with E-state index in [2.05, 4.69) is 32.7 Å². The lowest BCUT2D eigenvalue weighted by atomic mass is 10.1. The molecule has 2 heterocycles. The summed E-state index contributed by atoms with van der Waals surface area (Å²) in [7, 11) is 0. The fourth-order valence-corrected chi connectivity index (χ4v) is 3.98. The minimum absolute atomic E-state index is 0.0369. The van der Waals surface area contributed by atoms with Crippen molar-refractivity contribution in [2.45, 2.75) is 45.4 Å². The highest BCUT2D eigenvalue weighted by atomic mass is 16.1. The van der Waals surface area contributed by atoms with Crippen LogP contribution in [0, 0.1) is 6.92 Å². The third-order valence-corrected chi connectivity index (χ3v) is 5.66. The van der Waals surface area contributed by atoms with E-state index in [-0.39, 0.29) is 5.91 Å². The fraction of sp³-hybridized carbons (Fsp3) is 0.346. The summed E-state index contributed by atoms with van der Waals surface area (Å²) in [5.41, 5.74) is 3.89. The number of amides is 1. The van der Waals surface area contributed by atoms with Crippen molar-refractivity contribution in [2.75, 3.05) is 28.6 Å². The van der Waals surface area contributed by atoms with Crippen LogP contribution >= 0.6 is 0 Å². The quantitative estimate of drug-likeness (QED) is 0.496. The minimum atomic E-state index is 0.0369. The van der Waals surface area contributed by atoms with Crippen molar-refractivity contribution in [2.24, 2.45) is 0 Å². The molecule has 0 aliphatic carbocycles. The van der Waals surface area contributed by atoms with Crippen LogP contribution in [0.1, 0.15) is 43.4 Å². The smallest absolute Gasteiger partial charge is 0.229 e. The molecule has 6 heteroatoms. The first kappa shape index (κ1) is 21.8. The van der Waals surface area contributed by atoms with Crippen LogP contribution in [0.2, 0.25) is 0 Å². The molecule has 3 aromatic rings. The number of benzene rings is 2. The number of anilines is 4. The maximum Gasteiger partial charge on any atom is 0.229 e. The second kappa shape index (κ2) is 10.8. The molecular formula is C26H31N5O. The number of carbonyl (C=O) groups excluding carboxylic acids is 1. The number of rotatable bonds is 8. The summed E-state index contributed by atoms with van der Waals surface area (Å²) in [4.78, 5) is 23.8. The van der Waals surface area contributed by atoms with E-state index in [4.69, 9.17) is 4.98 Å². The summed E-state index contributed by atoms with van der Waals surface area (Å²) in [5, 5.41) is 6.27. The first-order chi connectivity index (χ1) is 15.7. The van der Waals surface area contributed by atoms with Crippen molar-refractivity contribution in [1.29, 1.82) is 0 Å². The van der Waals surface area contributed by atoms with Gasteiger partial charge in [-0.2, -0.15) is 4.98 Å². The number of nitrogens with zero attached hydrogens (tertiary/aromatic N) is 3. The molecule has 2 aromatic carbocycles. The van der Waals surface area contributed by atoms with Crippen molar-refractivity contribution < 1.29 is 4.79 Å². The van der Waals surface area contributed by atoms with Gasteiger partial charge in [0.2, 0.25) is 11.9 Å². The molecule has 0 radical (unpaired) electrons. The Kier molecular flexibility index (Phi) is 7.33. The molecule has 32 heavy (non-hydrogen) atoms. The van der Waals surface area contributed by atoms with Crippen molar-refractivity contribution in [3.05, 3.63) is 71.9 Å². The minimum Gasteiger partial charge on any atom is -0.356 e. The lowest BCUT2D eigenvalue weighted by Gasteiger charge is -2.28. The van der Waals surface area contributed by atoms with Gasteiger partial charge in [-0.3, -0.25) is 4.79 Å². The number of carbonyl (C=O) groups is 1. The Morgan fingerprint density at radius 3 is 2.41 bits per heavy atom. The Balaban J connectivity index is 1.30. The van der Waals surface area contributed by atoms with Crippen LogP contribution in [0.5, 0.6) is 0 Å². The molecule has 0 bridgehead atoms.